The molecule has 1 aliphatic heterocycles. The van der Waals surface area contributed by atoms with Crippen LogP contribution in [0.3, 0.4) is 0 Å². The van der Waals surface area contributed by atoms with Gasteiger partial charge in [0.05, 0.1) is 11.1 Å². The molecular formula is C22H24N6O4. The Morgan fingerprint density at radius 1 is 1.16 bits per heavy atom. The zero-order valence-electron chi connectivity index (χ0n) is 17.9. The van der Waals surface area contributed by atoms with Crippen molar-refractivity contribution in [1.29, 1.82) is 5.26 Å². The molecule has 0 saturated carbocycles. The molecule has 1 aromatic carbocycles. The van der Waals surface area contributed by atoms with Crippen LogP contribution in [0, 0.1) is 17.2 Å². The molecule has 0 fully saturated rings. The molecular weight excluding hydrogens is 412 g/mol. The first-order valence-electron chi connectivity index (χ1n) is 10.3. The molecule has 2 heterocycles. The van der Waals surface area contributed by atoms with E-state index < -0.39 is 6.09 Å². The van der Waals surface area contributed by atoms with Crippen LogP contribution < -0.4 is 5.01 Å². The van der Waals surface area contributed by atoms with Crippen LogP contribution in [-0.4, -0.2) is 62.5 Å². The normalized spacial score (nSPS) is 12.6. The predicted octanol–water partition coefficient (Wildman–Crippen LogP) is 2.78. The molecule has 3 amide bonds. The quantitative estimate of drug-likeness (QED) is 0.361. The minimum absolute atomic E-state index is 0.0489. The largest absolute Gasteiger partial charge is 0.464 e. The molecule has 1 N–H and O–H groups in total. The highest BCUT2D eigenvalue weighted by molar-refractivity contribution is 6.21. The SMILES string of the molecule is CC(C)CN(c1ccnc(C#N)n1)N(CCCCN1C(=O)c2ccccc2C1=O)C(=O)O. The molecule has 0 bridgehead atoms. The van der Waals surface area contributed by atoms with Gasteiger partial charge in [0.1, 0.15) is 6.07 Å². The zero-order chi connectivity index (χ0) is 23.3. The lowest BCUT2D eigenvalue weighted by Gasteiger charge is -2.34. The molecule has 32 heavy (non-hydrogen) atoms. The van der Waals surface area contributed by atoms with E-state index in [4.69, 9.17) is 5.26 Å². The topological polar surface area (TPSA) is 131 Å². The summed E-state index contributed by atoms with van der Waals surface area (Å²) in [4.78, 5) is 46.1. The number of nitrogens with zero attached hydrogens (tertiary/aromatic N) is 6. The lowest BCUT2D eigenvalue weighted by molar-refractivity contribution is 0.0648. The second kappa shape index (κ2) is 9.87. The van der Waals surface area contributed by atoms with Crippen molar-refractivity contribution in [3.63, 3.8) is 0 Å². The minimum atomic E-state index is -1.16. The second-order valence-electron chi connectivity index (χ2n) is 7.75. The highest BCUT2D eigenvalue weighted by atomic mass is 16.4. The van der Waals surface area contributed by atoms with Crippen molar-refractivity contribution < 1.29 is 19.5 Å². The number of aromatic nitrogens is 2. The van der Waals surface area contributed by atoms with Gasteiger partial charge in [-0.1, -0.05) is 26.0 Å². The first-order chi connectivity index (χ1) is 15.3. The summed E-state index contributed by atoms with van der Waals surface area (Å²) in [6.45, 7) is 4.60. The number of fused-ring (bicyclic) bond motifs is 1. The summed E-state index contributed by atoms with van der Waals surface area (Å²) in [5.74, 6) is -0.268. The maximum Gasteiger partial charge on any atom is 0.426 e. The van der Waals surface area contributed by atoms with Crippen LogP contribution in [0.4, 0.5) is 10.6 Å². The van der Waals surface area contributed by atoms with E-state index >= 15 is 0 Å². The van der Waals surface area contributed by atoms with Crippen molar-refractivity contribution in [2.45, 2.75) is 26.7 Å². The number of hydrazine groups is 1. The Balaban J connectivity index is 1.66. The van der Waals surface area contributed by atoms with Gasteiger partial charge in [0.15, 0.2) is 5.82 Å². The Morgan fingerprint density at radius 2 is 1.81 bits per heavy atom. The lowest BCUT2D eigenvalue weighted by atomic mass is 10.1. The summed E-state index contributed by atoms with van der Waals surface area (Å²) in [5, 5.41) is 21.5. The molecule has 0 radical (unpaired) electrons. The predicted molar refractivity (Wildman–Crippen MR) is 115 cm³/mol. The molecule has 10 nitrogen and oxygen atoms in total. The van der Waals surface area contributed by atoms with Crippen molar-refractivity contribution in [2.75, 3.05) is 24.6 Å². The van der Waals surface area contributed by atoms with E-state index in [1.165, 1.54) is 16.1 Å². The number of amides is 3. The van der Waals surface area contributed by atoms with Crippen molar-refractivity contribution >= 4 is 23.7 Å². The fourth-order valence-electron chi connectivity index (χ4n) is 3.50. The molecule has 10 heteroatoms. The molecule has 1 aliphatic rings. The van der Waals surface area contributed by atoms with Crippen molar-refractivity contribution in [2.24, 2.45) is 5.92 Å². The summed E-state index contributed by atoms with van der Waals surface area (Å²) in [5.41, 5.74) is 0.787. The lowest BCUT2D eigenvalue weighted by Crippen LogP contribution is -2.49. The third-order valence-electron chi connectivity index (χ3n) is 4.94. The fraction of sp³-hybridized carbons (Fsp3) is 0.364. The number of unbranched alkanes of at least 4 members (excludes halogenated alkanes) is 1. The smallest absolute Gasteiger partial charge is 0.426 e. The molecule has 166 valence electrons. The molecule has 0 spiro atoms. The number of benzene rings is 1. The average molecular weight is 436 g/mol. The Labute approximate surface area is 185 Å². The van der Waals surface area contributed by atoms with Gasteiger partial charge in [-0.25, -0.2) is 14.8 Å². The standard InChI is InChI=1S/C22H24N6O4/c1-15(2)14-28(19-9-10-24-18(13-23)25-19)27(22(31)32)12-6-5-11-26-20(29)16-7-3-4-8-17(16)21(26)30/h3-4,7-10,15H,5-6,11-12,14H2,1-2H3,(H,31,32). The van der Waals surface area contributed by atoms with Crippen LogP contribution in [0.1, 0.15) is 53.2 Å². The highest BCUT2D eigenvalue weighted by Crippen LogP contribution is 2.23. The monoisotopic (exact) mass is 436 g/mol. The van der Waals surface area contributed by atoms with Gasteiger partial charge < -0.3 is 5.11 Å². The van der Waals surface area contributed by atoms with Crippen LogP contribution in [0.2, 0.25) is 0 Å². The van der Waals surface area contributed by atoms with E-state index in [1.54, 1.807) is 30.3 Å². The Hall–Kier alpha value is -4.00. The van der Waals surface area contributed by atoms with E-state index in [2.05, 4.69) is 9.97 Å². The number of hydrogen-bond acceptors (Lipinski definition) is 7. The molecule has 0 aliphatic carbocycles. The molecule has 3 rings (SSSR count). The summed E-state index contributed by atoms with van der Waals surface area (Å²) in [7, 11) is 0. The number of hydrogen-bond donors (Lipinski definition) is 1. The fourth-order valence-corrected chi connectivity index (χ4v) is 3.50. The van der Waals surface area contributed by atoms with Crippen LogP contribution in [0.25, 0.3) is 0 Å². The van der Waals surface area contributed by atoms with Crippen molar-refractivity contribution in [3.8, 4) is 6.07 Å². The van der Waals surface area contributed by atoms with Gasteiger partial charge in [-0.2, -0.15) is 10.2 Å². The van der Waals surface area contributed by atoms with Crippen molar-refractivity contribution in [3.05, 3.63) is 53.5 Å². The van der Waals surface area contributed by atoms with E-state index in [0.717, 1.165) is 5.01 Å². The van der Waals surface area contributed by atoms with E-state index in [0.29, 0.717) is 36.3 Å². The second-order valence-corrected chi connectivity index (χ2v) is 7.75. The van der Waals surface area contributed by atoms with E-state index in [9.17, 15) is 19.5 Å². The van der Waals surface area contributed by atoms with Crippen LogP contribution in [0.5, 0.6) is 0 Å². The maximum atomic E-state index is 12.5. The average Bonchev–Trinajstić information content (AvgIpc) is 3.02. The highest BCUT2D eigenvalue weighted by Gasteiger charge is 2.34. The van der Waals surface area contributed by atoms with Crippen LogP contribution in [-0.2, 0) is 0 Å². The molecule has 2 aromatic rings. The first-order valence-corrected chi connectivity index (χ1v) is 10.3. The van der Waals surface area contributed by atoms with Gasteiger partial charge in [0.25, 0.3) is 11.8 Å². The summed E-state index contributed by atoms with van der Waals surface area (Å²) < 4.78 is 0. The molecule has 1 aromatic heterocycles. The van der Waals surface area contributed by atoms with E-state index in [1.807, 2.05) is 19.9 Å². The Kier molecular flexibility index (Phi) is 7.00. The Morgan fingerprint density at radius 3 is 2.38 bits per heavy atom. The summed E-state index contributed by atoms with van der Waals surface area (Å²) >= 11 is 0. The number of carbonyl (C=O) groups is 3. The van der Waals surface area contributed by atoms with Gasteiger partial charge in [0, 0.05) is 31.9 Å². The number of rotatable bonds is 9. The summed E-state index contributed by atoms with van der Waals surface area (Å²) in [6.07, 6.45) is 1.11. The summed E-state index contributed by atoms with van der Waals surface area (Å²) in [6, 6.07) is 10.1. The molecule has 0 saturated heterocycles. The van der Waals surface area contributed by atoms with Gasteiger partial charge in [-0.05, 0) is 30.9 Å². The number of carboxylic acid groups (broad SMARTS) is 1. The van der Waals surface area contributed by atoms with Crippen molar-refractivity contribution in [1.82, 2.24) is 19.9 Å². The minimum Gasteiger partial charge on any atom is -0.464 e. The van der Waals surface area contributed by atoms with E-state index in [-0.39, 0.29) is 36.6 Å². The maximum absolute atomic E-state index is 12.5. The molecule has 0 unspecified atom stereocenters. The van der Waals surface area contributed by atoms with Gasteiger partial charge in [0.2, 0.25) is 5.82 Å². The third-order valence-corrected chi connectivity index (χ3v) is 4.94. The first kappa shape index (κ1) is 22.7. The van der Waals surface area contributed by atoms with Gasteiger partial charge in [-0.15, -0.1) is 0 Å². The van der Waals surface area contributed by atoms with Crippen LogP contribution in [0.15, 0.2) is 36.5 Å². The Bertz CT molecular complexity index is 1030. The van der Waals surface area contributed by atoms with Gasteiger partial charge in [-0.3, -0.25) is 19.5 Å². The third kappa shape index (κ3) is 4.83. The van der Waals surface area contributed by atoms with Gasteiger partial charge >= 0.3 is 6.09 Å². The number of anilines is 1. The number of imide groups is 1. The number of nitriles is 1. The number of carbonyl (C=O) groups excluding carboxylic acids is 2. The zero-order valence-corrected chi connectivity index (χ0v) is 17.9. The van der Waals surface area contributed by atoms with Crippen LogP contribution >= 0.6 is 0 Å². The molecule has 0 atom stereocenters.